The Kier molecular flexibility index (Phi) is 4.87. The van der Waals surface area contributed by atoms with Gasteiger partial charge in [-0.3, -0.25) is 0 Å². The molecule has 2 atom stereocenters. The van der Waals surface area contributed by atoms with Crippen molar-refractivity contribution in [1.29, 1.82) is 0 Å². The summed E-state index contributed by atoms with van der Waals surface area (Å²) in [6.45, 7) is 1.14. The van der Waals surface area contributed by atoms with Gasteiger partial charge in [-0.05, 0) is 56.6 Å². The first kappa shape index (κ1) is 15.9. The molecule has 2 aromatic carbocycles. The predicted octanol–water partition coefficient (Wildman–Crippen LogP) is 4.10. The highest BCUT2D eigenvalue weighted by Crippen LogP contribution is 2.38. The minimum atomic E-state index is 0.0915. The molecular formula is C20H25NO2. The van der Waals surface area contributed by atoms with E-state index < -0.39 is 0 Å². The summed E-state index contributed by atoms with van der Waals surface area (Å²) in [6, 6.07) is 15.6. The normalized spacial score (nSPS) is 20.3. The Bertz CT molecular complexity index is 641. The van der Waals surface area contributed by atoms with E-state index in [1.807, 2.05) is 18.2 Å². The fourth-order valence-electron chi connectivity index (χ4n) is 3.66. The fraction of sp³-hybridized carbons (Fsp3) is 0.400. The lowest BCUT2D eigenvalue weighted by molar-refractivity contribution is 0.171. The molecule has 1 fully saturated rings. The molecule has 0 spiro atoms. The fourth-order valence-corrected chi connectivity index (χ4v) is 3.66. The number of rotatable bonds is 4. The zero-order valence-electron chi connectivity index (χ0n) is 13.7. The van der Waals surface area contributed by atoms with Crippen molar-refractivity contribution in [1.82, 2.24) is 4.90 Å². The molecule has 0 aromatic heterocycles. The maximum atomic E-state index is 10.3. The van der Waals surface area contributed by atoms with Crippen LogP contribution in [0.15, 0.2) is 48.5 Å². The predicted molar refractivity (Wildman–Crippen MR) is 92.9 cm³/mol. The Hall–Kier alpha value is -2.00. The number of hydrogen-bond acceptors (Lipinski definition) is 3. The summed E-state index contributed by atoms with van der Waals surface area (Å²) in [5, 5.41) is 20.2. The molecule has 3 heteroatoms. The molecule has 3 nitrogen and oxygen atoms in total. The average molecular weight is 311 g/mol. The van der Waals surface area contributed by atoms with E-state index in [1.165, 1.54) is 30.9 Å². The Balaban J connectivity index is 1.95. The molecule has 0 amide bonds. The third kappa shape index (κ3) is 3.67. The maximum absolute atomic E-state index is 10.3. The maximum Gasteiger partial charge on any atom is 0.119 e. The van der Waals surface area contributed by atoms with Crippen LogP contribution in [0, 0.1) is 0 Å². The number of phenols is 2. The summed E-state index contributed by atoms with van der Waals surface area (Å²) in [5.74, 6) is 0.555. The van der Waals surface area contributed by atoms with Crippen LogP contribution in [0.3, 0.4) is 0 Å². The number of benzene rings is 2. The van der Waals surface area contributed by atoms with Crippen LogP contribution in [-0.4, -0.2) is 34.7 Å². The van der Waals surface area contributed by atoms with Gasteiger partial charge in [0.2, 0.25) is 0 Å². The summed E-state index contributed by atoms with van der Waals surface area (Å²) < 4.78 is 0. The number of piperidine rings is 1. The van der Waals surface area contributed by atoms with Gasteiger partial charge in [-0.2, -0.15) is 0 Å². The van der Waals surface area contributed by atoms with Crippen molar-refractivity contribution >= 4 is 0 Å². The first-order valence-corrected chi connectivity index (χ1v) is 8.42. The monoisotopic (exact) mass is 311 g/mol. The highest BCUT2D eigenvalue weighted by atomic mass is 16.3. The molecule has 0 saturated carbocycles. The first-order valence-electron chi connectivity index (χ1n) is 8.42. The molecule has 2 unspecified atom stereocenters. The number of phenolic OH excluding ortho intramolecular Hbond substituents is 2. The lowest BCUT2D eigenvalue weighted by Crippen LogP contribution is -2.37. The van der Waals surface area contributed by atoms with E-state index in [4.69, 9.17) is 0 Å². The number of hydrogen-bond donors (Lipinski definition) is 2. The number of nitrogens with zero attached hydrogens (tertiary/aromatic N) is 1. The SMILES string of the molecule is CN1CCCCC1CC(c1ccccc1)c1cc(O)ccc1O. The zero-order chi connectivity index (χ0) is 16.2. The van der Waals surface area contributed by atoms with E-state index in [2.05, 4.69) is 24.1 Å². The van der Waals surface area contributed by atoms with Crippen LogP contribution in [0.4, 0.5) is 0 Å². The van der Waals surface area contributed by atoms with Crippen LogP contribution < -0.4 is 0 Å². The van der Waals surface area contributed by atoms with Crippen LogP contribution in [0.25, 0.3) is 0 Å². The Morgan fingerprint density at radius 1 is 1.09 bits per heavy atom. The molecule has 1 heterocycles. The number of aromatic hydroxyl groups is 2. The van der Waals surface area contributed by atoms with Gasteiger partial charge >= 0.3 is 0 Å². The second-order valence-electron chi connectivity index (χ2n) is 6.57. The van der Waals surface area contributed by atoms with Gasteiger partial charge in [0, 0.05) is 17.5 Å². The lowest BCUT2D eigenvalue weighted by Gasteiger charge is -2.35. The Labute approximate surface area is 138 Å². The summed E-state index contributed by atoms with van der Waals surface area (Å²) >= 11 is 0. The van der Waals surface area contributed by atoms with E-state index in [1.54, 1.807) is 12.1 Å². The molecule has 23 heavy (non-hydrogen) atoms. The van der Waals surface area contributed by atoms with Crippen LogP contribution in [-0.2, 0) is 0 Å². The van der Waals surface area contributed by atoms with Crippen molar-refractivity contribution in [3.8, 4) is 11.5 Å². The second-order valence-corrected chi connectivity index (χ2v) is 6.57. The topological polar surface area (TPSA) is 43.7 Å². The van der Waals surface area contributed by atoms with Gasteiger partial charge in [-0.1, -0.05) is 36.8 Å². The van der Waals surface area contributed by atoms with Crippen LogP contribution >= 0.6 is 0 Å². The molecule has 2 N–H and O–H groups in total. The smallest absolute Gasteiger partial charge is 0.119 e. The lowest BCUT2D eigenvalue weighted by atomic mass is 9.83. The van der Waals surface area contributed by atoms with Gasteiger partial charge in [-0.15, -0.1) is 0 Å². The Morgan fingerprint density at radius 2 is 1.87 bits per heavy atom. The zero-order valence-corrected chi connectivity index (χ0v) is 13.7. The average Bonchev–Trinajstić information content (AvgIpc) is 2.57. The molecule has 3 rings (SSSR count). The molecule has 0 aliphatic carbocycles. The van der Waals surface area contributed by atoms with E-state index in [-0.39, 0.29) is 17.4 Å². The summed E-state index contributed by atoms with van der Waals surface area (Å²) in [6.07, 6.45) is 4.68. The molecule has 1 saturated heterocycles. The highest BCUT2D eigenvalue weighted by molar-refractivity contribution is 5.45. The van der Waals surface area contributed by atoms with Crippen molar-refractivity contribution < 1.29 is 10.2 Å². The van der Waals surface area contributed by atoms with Gasteiger partial charge in [0.05, 0.1) is 0 Å². The molecular weight excluding hydrogens is 286 g/mol. The molecule has 1 aliphatic heterocycles. The molecule has 0 radical (unpaired) electrons. The first-order chi connectivity index (χ1) is 11.1. The third-order valence-corrected chi connectivity index (χ3v) is 5.02. The van der Waals surface area contributed by atoms with Crippen LogP contribution in [0.1, 0.15) is 42.7 Å². The van der Waals surface area contributed by atoms with Gasteiger partial charge < -0.3 is 15.1 Å². The molecule has 2 aromatic rings. The van der Waals surface area contributed by atoms with Crippen molar-refractivity contribution in [2.24, 2.45) is 0 Å². The quantitative estimate of drug-likeness (QED) is 0.835. The third-order valence-electron chi connectivity index (χ3n) is 5.02. The van der Waals surface area contributed by atoms with Crippen LogP contribution in [0.2, 0.25) is 0 Å². The Morgan fingerprint density at radius 3 is 2.61 bits per heavy atom. The van der Waals surface area contributed by atoms with Crippen LogP contribution in [0.5, 0.6) is 11.5 Å². The summed E-state index contributed by atoms with van der Waals surface area (Å²) in [4.78, 5) is 2.43. The van der Waals surface area contributed by atoms with E-state index in [9.17, 15) is 10.2 Å². The molecule has 122 valence electrons. The second kappa shape index (κ2) is 7.05. The molecule has 1 aliphatic rings. The highest BCUT2D eigenvalue weighted by Gasteiger charge is 2.26. The largest absolute Gasteiger partial charge is 0.508 e. The van der Waals surface area contributed by atoms with Gasteiger partial charge in [0.25, 0.3) is 0 Å². The minimum absolute atomic E-state index is 0.0915. The van der Waals surface area contributed by atoms with Gasteiger partial charge in [-0.25, -0.2) is 0 Å². The number of likely N-dealkylation sites (tertiary alicyclic amines) is 1. The van der Waals surface area contributed by atoms with Crippen molar-refractivity contribution in [3.05, 3.63) is 59.7 Å². The summed E-state index contributed by atoms with van der Waals surface area (Å²) in [5.41, 5.74) is 2.00. The van der Waals surface area contributed by atoms with Crippen molar-refractivity contribution in [3.63, 3.8) is 0 Å². The summed E-state index contributed by atoms with van der Waals surface area (Å²) in [7, 11) is 2.19. The van der Waals surface area contributed by atoms with E-state index in [0.29, 0.717) is 6.04 Å². The van der Waals surface area contributed by atoms with Crippen molar-refractivity contribution in [2.75, 3.05) is 13.6 Å². The van der Waals surface area contributed by atoms with Gasteiger partial charge in [0.15, 0.2) is 0 Å². The van der Waals surface area contributed by atoms with Crippen molar-refractivity contribution in [2.45, 2.75) is 37.6 Å². The van der Waals surface area contributed by atoms with E-state index >= 15 is 0 Å². The standard InChI is InChI=1S/C20H25NO2/c1-21-12-6-5-9-16(21)13-18(15-7-3-2-4-8-15)19-14-17(22)10-11-20(19)23/h2-4,7-8,10-11,14,16,18,22-23H,5-6,9,12-13H2,1H3. The molecule has 0 bridgehead atoms. The minimum Gasteiger partial charge on any atom is -0.508 e. The van der Waals surface area contributed by atoms with Gasteiger partial charge in [0.1, 0.15) is 11.5 Å². The van der Waals surface area contributed by atoms with E-state index in [0.717, 1.165) is 18.5 Å².